The molecular weight excluding hydrogens is 229 g/mol. The van der Waals surface area contributed by atoms with E-state index < -0.39 is 0 Å². The third-order valence-electron chi connectivity index (χ3n) is 2.84. The van der Waals surface area contributed by atoms with Crippen LogP contribution in [0.4, 0.5) is 4.39 Å². The van der Waals surface area contributed by atoms with E-state index in [-0.39, 0.29) is 11.6 Å². The van der Waals surface area contributed by atoms with Crippen molar-refractivity contribution in [3.05, 3.63) is 65.5 Å². The van der Waals surface area contributed by atoms with Gasteiger partial charge >= 0.3 is 0 Å². The molecule has 0 radical (unpaired) electrons. The van der Waals surface area contributed by atoms with Crippen molar-refractivity contribution < 1.29 is 9.50 Å². The lowest BCUT2D eigenvalue weighted by Crippen LogP contribution is -2.17. The topological polar surface area (TPSA) is 32.3 Å². The van der Waals surface area contributed by atoms with Crippen molar-refractivity contribution in [3.8, 4) is 5.75 Å². The molecule has 0 atom stereocenters. The van der Waals surface area contributed by atoms with Crippen molar-refractivity contribution >= 4 is 0 Å². The van der Waals surface area contributed by atoms with Gasteiger partial charge in [-0.15, -0.1) is 0 Å². The lowest BCUT2D eigenvalue weighted by atomic mass is 10.1. The Labute approximate surface area is 106 Å². The second-order valence-corrected chi connectivity index (χ2v) is 4.15. The van der Waals surface area contributed by atoms with Crippen LogP contribution in [0.5, 0.6) is 5.75 Å². The predicted octanol–water partition coefficient (Wildman–Crippen LogP) is 2.86. The van der Waals surface area contributed by atoms with Crippen LogP contribution in [-0.4, -0.2) is 11.7 Å². The number of nitrogens with one attached hydrogen (secondary N) is 1. The molecule has 0 aliphatic heterocycles. The third-order valence-corrected chi connectivity index (χ3v) is 2.84. The van der Waals surface area contributed by atoms with E-state index in [1.165, 1.54) is 6.07 Å². The Hall–Kier alpha value is -1.87. The molecule has 2 aromatic rings. The van der Waals surface area contributed by atoms with Gasteiger partial charge in [0.15, 0.2) is 0 Å². The molecule has 0 aliphatic rings. The van der Waals surface area contributed by atoms with E-state index in [2.05, 4.69) is 5.32 Å². The van der Waals surface area contributed by atoms with E-state index in [1.54, 1.807) is 24.3 Å². The van der Waals surface area contributed by atoms with Gasteiger partial charge in [-0.05, 0) is 30.7 Å². The highest BCUT2D eigenvalue weighted by molar-refractivity contribution is 5.31. The highest BCUT2D eigenvalue weighted by Crippen LogP contribution is 2.14. The number of para-hydroxylation sites is 1. The number of phenolic OH excluding ortho intramolecular Hbond substituents is 1. The van der Waals surface area contributed by atoms with Crippen LogP contribution >= 0.6 is 0 Å². The molecule has 2 aromatic carbocycles. The predicted molar refractivity (Wildman–Crippen MR) is 69.9 cm³/mol. The van der Waals surface area contributed by atoms with E-state index in [4.69, 9.17) is 0 Å². The van der Waals surface area contributed by atoms with Gasteiger partial charge in [0, 0.05) is 12.1 Å². The summed E-state index contributed by atoms with van der Waals surface area (Å²) >= 11 is 0. The zero-order valence-corrected chi connectivity index (χ0v) is 10.1. The molecule has 0 unspecified atom stereocenters. The Bertz CT molecular complexity index is 466. The smallest absolute Gasteiger partial charge is 0.126 e. The molecule has 0 aliphatic carbocycles. The number of rotatable bonds is 5. The van der Waals surface area contributed by atoms with Gasteiger partial charge in [-0.3, -0.25) is 0 Å². The summed E-state index contributed by atoms with van der Waals surface area (Å²) in [6.07, 6.45) is 0.639. The van der Waals surface area contributed by atoms with Crippen LogP contribution in [0.3, 0.4) is 0 Å². The van der Waals surface area contributed by atoms with Crippen molar-refractivity contribution in [2.24, 2.45) is 0 Å². The minimum Gasteiger partial charge on any atom is -0.508 e. The van der Waals surface area contributed by atoms with Crippen molar-refractivity contribution in [2.45, 2.75) is 13.0 Å². The first kappa shape index (κ1) is 12.6. The zero-order valence-electron chi connectivity index (χ0n) is 10.1. The average molecular weight is 245 g/mol. The van der Waals surface area contributed by atoms with Crippen molar-refractivity contribution in [1.29, 1.82) is 0 Å². The standard InChI is InChI=1S/C15H16FNO/c16-14-7-3-1-5-12(14)9-10-17-11-13-6-2-4-8-15(13)18/h1-8,17-18H,9-11H2. The first-order valence-electron chi connectivity index (χ1n) is 5.98. The second kappa shape index (κ2) is 6.17. The third kappa shape index (κ3) is 3.31. The summed E-state index contributed by atoms with van der Waals surface area (Å²) in [4.78, 5) is 0. The number of hydrogen-bond acceptors (Lipinski definition) is 2. The molecule has 0 fully saturated rings. The van der Waals surface area contributed by atoms with Gasteiger partial charge in [-0.25, -0.2) is 4.39 Å². The summed E-state index contributed by atoms with van der Waals surface area (Å²) in [5.74, 6) is 0.123. The molecule has 0 amide bonds. The van der Waals surface area contributed by atoms with Crippen molar-refractivity contribution in [1.82, 2.24) is 5.32 Å². The molecule has 0 aromatic heterocycles. The lowest BCUT2D eigenvalue weighted by Gasteiger charge is -2.07. The Morgan fingerprint density at radius 1 is 0.944 bits per heavy atom. The molecule has 18 heavy (non-hydrogen) atoms. The van der Waals surface area contributed by atoms with E-state index in [0.29, 0.717) is 25.1 Å². The maximum absolute atomic E-state index is 13.3. The fourth-order valence-electron chi connectivity index (χ4n) is 1.81. The van der Waals surface area contributed by atoms with Crippen LogP contribution in [0.2, 0.25) is 0 Å². The van der Waals surface area contributed by atoms with Gasteiger partial charge in [0.1, 0.15) is 11.6 Å². The van der Waals surface area contributed by atoms with Gasteiger partial charge in [0.2, 0.25) is 0 Å². The molecule has 94 valence electrons. The van der Waals surface area contributed by atoms with Crippen LogP contribution in [0.1, 0.15) is 11.1 Å². The molecular formula is C15H16FNO. The summed E-state index contributed by atoms with van der Waals surface area (Å²) in [6, 6.07) is 14.0. The van der Waals surface area contributed by atoms with Gasteiger partial charge in [0.25, 0.3) is 0 Å². The zero-order chi connectivity index (χ0) is 12.8. The second-order valence-electron chi connectivity index (χ2n) is 4.15. The van der Waals surface area contributed by atoms with Crippen LogP contribution in [0.25, 0.3) is 0 Å². The highest BCUT2D eigenvalue weighted by atomic mass is 19.1. The van der Waals surface area contributed by atoms with Crippen molar-refractivity contribution in [2.75, 3.05) is 6.54 Å². The van der Waals surface area contributed by atoms with E-state index in [9.17, 15) is 9.50 Å². The quantitative estimate of drug-likeness (QED) is 0.794. The molecule has 2 rings (SSSR count). The lowest BCUT2D eigenvalue weighted by molar-refractivity contribution is 0.464. The monoisotopic (exact) mass is 245 g/mol. The van der Waals surface area contributed by atoms with Gasteiger partial charge in [-0.1, -0.05) is 36.4 Å². The number of benzene rings is 2. The van der Waals surface area contributed by atoms with Crippen LogP contribution < -0.4 is 5.32 Å². The maximum Gasteiger partial charge on any atom is 0.126 e. The summed E-state index contributed by atoms with van der Waals surface area (Å²) in [5, 5.41) is 12.8. The van der Waals surface area contributed by atoms with E-state index >= 15 is 0 Å². The first-order chi connectivity index (χ1) is 8.77. The molecule has 0 spiro atoms. The Morgan fingerprint density at radius 3 is 2.33 bits per heavy atom. The Morgan fingerprint density at radius 2 is 1.61 bits per heavy atom. The van der Waals surface area contributed by atoms with Gasteiger partial charge in [-0.2, -0.15) is 0 Å². The van der Waals surface area contributed by atoms with Gasteiger partial charge < -0.3 is 10.4 Å². The fourth-order valence-corrected chi connectivity index (χ4v) is 1.81. The first-order valence-corrected chi connectivity index (χ1v) is 5.98. The van der Waals surface area contributed by atoms with E-state index in [1.807, 2.05) is 18.2 Å². The number of halogens is 1. The van der Waals surface area contributed by atoms with Crippen LogP contribution in [-0.2, 0) is 13.0 Å². The minimum atomic E-state index is -0.165. The van der Waals surface area contributed by atoms with E-state index in [0.717, 1.165) is 5.56 Å². The Balaban J connectivity index is 1.80. The van der Waals surface area contributed by atoms with Crippen LogP contribution in [0, 0.1) is 5.82 Å². The summed E-state index contributed by atoms with van der Waals surface area (Å²) in [7, 11) is 0. The normalized spacial score (nSPS) is 10.5. The van der Waals surface area contributed by atoms with Crippen LogP contribution in [0.15, 0.2) is 48.5 Å². The maximum atomic E-state index is 13.3. The summed E-state index contributed by atoms with van der Waals surface area (Å²) in [6.45, 7) is 1.26. The molecule has 3 heteroatoms. The Kier molecular flexibility index (Phi) is 4.31. The SMILES string of the molecule is Oc1ccccc1CNCCc1ccccc1F. The van der Waals surface area contributed by atoms with Gasteiger partial charge in [0.05, 0.1) is 0 Å². The van der Waals surface area contributed by atoms with Crippen molar-refractivity contribution in [3.63, 3.8) is 0 Å². The average Bonchev–Trinajstić information content (AvgIpc) is 2.38. The molecule has 2 N–H and O–H groups in total. The highest BCUT2D eigenvalue weighted by Gasteiger charge is 2.01. The molecule has 2 nitrogen and oxygen atoms in total. The summed E-state index contributed by atoms with van der Waals surface area (Å²) in [5.41, 5.74) is 1.56. The largest absolute Gasteiger partial charge is 0.508 e. The molecule has 0 saturated carbocycles. The molecule has 0 saturated heterocycles. The number of hydrogen-bond donors (Lipinski definition) is 2. The molecule has 0 bridgehead atoms. The summed E-state index contributed by atoms with van der Waals surface area (Å²) < 4.78 is 13.3. The molecule has 0 heterocycles. The number of phenols is 1. The fraction of sp³-hybridized carbons (Fsp3) is 0.200. The minimum absolute atomic E-state index is 0.165. The number of aromatic hydroxyl groups is 1.